The van der Waals surface area contributed by atoms with Crippen molar-refractivity contribution < 1.29 is 4.74 Å². The third-order valence-electron chi connectivity index (χ3n) is 4.15. The molecule has 1 saturated heterocycles. The monoisotopic (exact) mass is 347 g/mol. The first-order valence-electron chi connectivity index (χ1n) is 7.87. The van der Waals surface area contributed by atoms with Gasteiger partial charge in [0.2, 0.25) is 0 Å². The van der Waals surface area contributed by atoms with Gasteiger partial charge in [-0.25, -0.2) is 0 Å². The molecule has 2 aromatic rings. The molecule has 3 rings (SSSR count). The van der Waals surface area contributed by atoms with Crippen LogP contribution in [0.5, 0.6) is 5.75 Å². The standard InChI is InChI=1S/C18H22BrNO/c19-18-16-8-2-1-7-15(16)9-10-17(18)21-14-6-5-13-20-11-3-4-12-20/h1-2,7-10H,3-6,11-14H2. The summed E-state index contributed by atoms with van der Waals surface area (Å²) < 4.78 is 7.01. The van der Waals surface area contributed by atoms with Gasteiger partial charge in [0.05, 0.1) is 11.1 Å². The van der Waals surface area contributed by atoms with Crippen molar-refractivity contribution in [2.75, 3.05) is 26.2 Å². The Hall–Kier alpha value is -1.06. The smallest absolute Gasteiger partial charge is 0.134 e. The SMILES string of the molecule is Brc1c(OCCCCN2CCCC2)ccc2ccccc12. The molecular formula is C18H22BrNO. The molecule has 0 amide bonds. The molecule has 2 nitrogen and oxygen atoms in total. The van der Waals surface area contributed by atoms with Gasteiger partial charge < -0.3 is 9.64 Å². The van der Waals surface area contributed by atoms with Crippen LogP contribution in [0.2, 0.25) is 0 Å². The maximum atomic E-state index is 5.94. The second kappa shape index (κ2) is 7.28. The molecular weight excluding hydrogens is 326 g/mol. The molecule has 3 heteroatoms. The fourth-order valence-corrected chi connectivity index (χ4v) is 3.56. The Balaban J connectivity index is 1.49. The number of fused-ring (bicyclic) bond motifs is 1. The number of likely N-dealkylation sites (tertiary alicyclic amines) is 1. The maximum absolute atomic E-state index is 5.94. The van der Waals surface area contributed by atoms with Gasteiger partial charge in [0.25, 0.3) is 0 Å². The Labute approximate surface area is 135 Å². The summed E-state index contributed by atoms with van der Waals surface area (Å²) >= 11 is 3.67. The van der Waals surface area contributed by atoms with E-state index in [0.29, 0.717) is 0 Å². The molecule has 2 aromatic carbocycles. The molecule has 1 aliphatic heterocycles. The minimum absolute atomic E-state index is 0.796. The van der Waals surface area contributed by atoms with Crippen molar-refractivity contribution in [1.29, 1.82) is 0 Å². The van der Waals surface area contributed by atoms with Gasteiger partial charge >= 0.3 is 0 Å². The number of unbranched alkanes of at least 4 members (excludes halogenated alkanes) is 1. The highest BCUT2D eigenvalue weighted by molar-refractivity contribution is 9.10. The van der Waals surface area contributed by atoms with Gasteiger partial charge in [-0.2, -0.15) is 0 Å². The lowest BCUT2D eigenvalue weighted by Crippen LogP contribution is -2.20. The second-order valence-electron chi connectivity index (χ2n) is 5.70. The number of rotatable bonds is 6. The molecule has 0 atom stereocenters. The van der Waals surface area contributed by atoms with Crippen LogP contribution in [0.15, 0.2) is 40.9 Å². The summed E-state index contributed by atoms with van der Waals surface area (Å²) in [5.41, 5.74) is 0. The maximum Gasteiger partial charge on any atom is 0.134 e. The Morgan fingerprint density at radius 2 is 1.81 bits per heavy atom. The van der Waals surface area contributed by atoms with Crippen molar-refractivity contribution in [3.8, 4) is 5.75 Å². The van der Waals surface area contributed by atoms with Crippen LogP contribution in [0, 0.1) is 0 Å². The van der Waals surface area contributed by atoms with Crippen molar-refractivity contribution in [3.05, 3.63) is 40.9 Å². The summed E-state index contributed by atoms with van der Waals surface area (Å²) in [4.78, 5) is 2.56. The van der Waals surface area contributed by atoms with E-state index in [4.69, 9.17) is 4.74 Å². The largest absolute Gasteiger partial charge is 0.492 e. The zero-order valence-corrected chi connectivity index (χ0v) is 13.9. The number of hydrogen-bond acceptors (Lipinski definition) is 2. The molecule has 1 heterocycles. The van der Waals surface area contributed by atoms with Gasteiger partial charge in [-0.15, -0.1) is 0 Å². The lowest BCUT2D eigenvalue weighted by atomic mass is 10.1. The average molecular weight is 348 g/mol. The summed E-state index contributed by atoms with van der Waals surface area (Å²) in [6.07, 6.45) is 5.10. The highest BCUT2D eigenvalue weighted by atomic mass is 79.9. The van der Waals surface area contributed by atoms with Gasteiger partial charge in [0.15, 0.2) is 0 Å². The molecule has 1 fully saturated rings. The van der Waals surface area contributed by atoms with Crippen LogP contribution in [0.3, 0.4) is 0 Å². The zero-order chi connectivity index (χ0) is 14.5. The molecule has 0 bridgehead atoms. The van der Waals surface area contributed by atoms with Gasteiger partial charge in [-0.3, -0.25) is 0 Å². The molecule has 0 saturated carbocycles. The topological polar surface area (TPSA) is 12.5 Å². The Morgan fingerprint density at radius 3 is 2.67 bits per heavy atom. The van der Waals surface area contributed by atoms with Gasteiger partial charge in [-0.1, -0.05) is 30.3 Å². The predicted octanol–water partition coefficient (Wildman–Crippen LogP) is 4.86. The van der Waals surface area contributed by atoms with E-state index in [0.717, 1.165) is 23.2 Å². The van der Waals surface area contributed by atoms with Crippen molar-refractivity contribution in [3.63, 3.8) is 0 Å². The average Bonchev–Trinajstić information content (AvgIpc) is 3.03. The van der Waals surface area contributed by atoms with Crippen molar-refractivity contribution in [1.82, 2.24) is 4.90 Å². The highest BCUT2D eigenvalue weighted by Crippen LogP contribution is 2.33. The third-order valence-corrected chi connectivity index (χ3v) is 4.97. The number of hydrogen-bond donors (Lipinski definition) is 0. The van der Waals surface area contributed by atoms with E-state index in [2.05, 4.69) is 57.2 Å². The number of benzene rings is 2. The van der Waals surface area contributed by atoms with Gasteiger partial charge in [0.1, 0.15) is 5.75 Å². The summed E-state index contributed by atoms with van der Waals surface area (Å²) in [6.45, 7) is 4.60. The van der Waals surface area contributed by atoms with Crippen LogP contribution in [-0.4, -0.2) is 31.1 Å². The molecule has 0 radical (unpaired) electrons. The van der Waals surface area contributed by atoms with E-state index in [9.17, 15) is 0 Å². The van der Waals surface area contributed by atoms with E-state index in [1.54, 1.807) is 0 Å². The molecule has 0 unspecified atom stereocenters. The molecule has 0 N–H and O–H groups in total. The lowest BCUT2D eigenvalue weighted by molar-refractivity contribution is 0.279. The van der Waals surface area contributed by atoms with Crippen LogP contribution in [0.1, 0.15) is 25.7 Å². The summed E-state index contributed by atoms with van der Waals surface area (Å²) in [5.74, 6) is 0.954. The van der Waals surface area contributed by atoms with E-state index in [1.165, 1.54) is 49.7 Å². The van der Waals surface area contributed by atoms with Gasteiger partial charge in [0, 0.05) is 0 Å². The van der Waals surface area contributed by atoms with E-state index < -0.39 is 0 Å². The van der Waals surface area contributed by atoms with Gasteiger partial charge in [-0.05, 0) is 78.1 Å². The second-order valence-corrected chi connectivity index (χ2v) is 6.50. The third kappa shape index (κ3) is 3.78. The Morgan fingerprint density at radius 1 is 1.00 bits per heavy atom. The molecule has 112 valence electrons. The normalized spacial score (nSPS) is 15.7. The Bertz CT molecular complexity index is 593. The fourth-order valence-electron chi connectivity index (χ4n) is 2.95. The first kappa shape index (κ1) is 14.9. The molecule has 0 spiro atoms. The predicted molar refractivity (Wildman–Crippen MR) is 92.1 cm³/mol. The Kier molecular flexibility index (Phi) is 5.15. The summed E-state index contributed by atoms with van der Waals surface area (Å²) in [6, 6.07) is 12.6. The van der Waals surface area contributed by atoms with E-state index in [1.807, 2.05) is 0 Å². The molecule has 0 aliphatic carbocycles. The first-order chi connectivity index (χ1) is 10.3. The van der Waals surface area contributed by atoms with Crippen LogP contribution in [0.25, 0.3) is 10.8 Å². The van der Waals surface area contributed by atoms with Crippen molar-refractivity contribution in [2.24, 2.45) is 0 Å². The number of nitrogens with zero attached hydrogens (tertiary/aromatic N) is 1. The van der Waals surface area contributed by atoms with E-state index >= 15 is 0 Å². The van der Waals surface area contributed by atoms with Crippen LogP contribution < -0.4 is 4.74 Å². The lowest BCUT2D eigenvalue weighted by Gasteiger charge is -2.14. The van der Waals surface area contributed by atoms with Crippen LogP contribution >= 0.6 is 15.9 Å². The molecule has 0 aromatic heterocycles. The van der Waals surface area contributed by atoms with Crippen molar-refractivity contribution >= 4 is 26.7 Å². The minimum atomic E-state index is 0.796. The highest BCUT2D eigenvalue weighted by Gasteiger charge is 2.10. The quantitative estimate of drug-likeness (QED) is 0.692. The van der Waals surface area contributed by atoms with Crippen molar-refractivity contribution in [2.45, 2.75) is 25.7 Å². The van der Waals surface area contributed by atoms with Crippen LogP contribution in [0.4, 0.5) is 0 Å². The first-order valence-corrected chi connectivity index (χ1v) is 8.66. The zero-order valence-electron chi connectivity index (χ0n) is 12.4. The van der Waals surface area contributed by atoms with E-state index in [-0.39, 0.29) is 0 Å². The summed E-state index contributed by atoms with van der Waals surface area (Å²) in [5, 5.41) is 2.46. The summed E-state index contributed by atoms with van der Waals surface area (Å²) in [7, 11) is 0. The fraction of sp³-hybridized carbons (Fsp3) is 0.444. The molecule has 1 aliphatic rings. The minimum Gasteiger partial charge on any atom is -0.492 e. The number of halogens is 1. The number of ether oxygens (including phenoxy) is 1. The molecule has 21 heavy (non-hydrogen) atoms. The van der Waals surface area contributed by atoms with Crippen LogP contribution in [-0.2, 0) is 0 Å².